The Labute approximate surface area is 173 Å². The monoisotopic (exact) mass is 455 g/mol. The van der Waals surface area contributed by atoms with E-state index < -0.39 is 28.2 Å². The zero-order chi connectivity index (χ0) is 19.7. The lowest BCUT2D eigenvalue weighted by Crippen LogP contribution is -2.74. The van der Waals surface area contributed by atoms with Crippen LogP contribution in [0.3, 0.4) is 0 Å². The van der Waals surface area contributed by atoms with Crippen LogP contribution in [0.25, 0.3) is 0 Å². The normalized spacial score (nSPS) is 50.0. The molecule has 1 saturated carbocycles. The van der Waals surface area contributed by atoms with Crippen molar-refractivity contribution in [2.24, 2.45) is 17.8 Å². The summed E-state index contributed by atoms with van der Waals surface area (Å²) in [5.41, 5.74) is 0.0287. The summed E-state index contributed by atoms with van der Waals surface area (Å²) in [6.07, 6.45) is 2.91. The van der Waals surface area contributed by atoms with Gasteiger partial charge in [0, 0.05) is 18.0 Å². The van der Waals surface area contributed by atoms with Gasteiger partial charge in [0.15, 0.2) is 11.9 Å². The van der Waals surface area contributed by atoms with Gasteiger partial charge in [0.1, 0.15) is 12.0 Å². The Morgan fingerprint density at radius 2 is 2.00 bits per heavy atom. The molecule has 6 rings (SSSR count). The summed E-state index contributed by atoms with van der Waals surface area (Å²) in [6, 6.07) is 6.44. The van der Waals surface area contributed by atoms with E-state index in [0.717, 1.165) is 25.7 Å². The largest absolute Gasteiger partial charge is 0.359 e. The van der Waals surface area contributed by atoms with Crippen molar-refractivity contribution in [3.8, 4) is 0 Å². The lowest BCUT2D eigenvalue weighted by Gasteiger charge is -2.62. The molecule has 0 unspecified atom stereocenters. The molecule has 1 aromatic rings. The van der Waals surface area contributed by atoms with Gasteiger partial charge >= 0.3 is 0 Å². The third-order valence-corrected chi connectivity index (χ3v) is 8.26. The molecule has 154 valence electrons. The first-order valence-electron chi connectivity index (χ1n) is 10.2. The van der Waals surface area contributed by atoms with Crippen molar-refractivity contribution < 1.29 is 23.6 Å². The van der Waals surface area contributed by atoms with E-state index in [2.05, 4.69) is 35.1 Å². The van der Waals surface area contributed by atoms with Crippen molar-refractivity contribution in [1.29, 1.82) is 0 Å². The van der Waals surface area contributed by atoms with Crippen LogP contribution >= 0.6 is 15.9 Å². The van der Waals surface area contributed by atoms with E-state index in [4.69, 9.17) is 19.2 Å². The minimum atomic E-state index is -0.805. The van der Waals surface area contributed by atoms with Crippen LogP contribution in [0.4, 0.5) is 10.1 Å². The standard InChI is InChI=1S/C21H27BrFNO4/c1-12-7-8-16-20(3,22)17(24-14-6-4-5-13(23)11-14)25-18-21(16)15(12)9-10-19(2,26-18)27-28-21/h4-6,11-12,15-18,24H,7-10H2,1-3H3/t12-,15+,16+,17+,18-,19+,20+,21-/m1/s1. The van der Waals surface area contributed by atoms with Crippen molar-refractivity contribution in [3.05, 3.63) is 30.1 Å². The zero-order valence-electron chi connectivity index (χ0n) is 16.4. The van der Waals surface area contributed by atoms with Crippen molar-refractivity contribution >= 4 is 21.6 Å². The molecular weight excluding hydrogens is 429 g/mol. The summed E-state index contributed by atoms with van der Waals surface area (Å²) >= 11 is 3.96. The predicted octanol–water partition coefficient (Wildman–Crippen LogP) is 4.96. The first kappa shape index (κ1) is 19.2. The molecule has 0 aromatic heterocycles. The van der Waals surface area contributed by atoms with E-state index >= 15 is 0 Å². The minimum absolute atomic E-state index is 0.119. The summed E-state index contributed by atoms with van der Waals surface area (Å²) in [4.78, 5) is 12.0. The van der Waals surface area contributed by atoms with Crippen LogP contribution in [0.5, 0.6) is 0 Å². The van der Waals surface area contributed by atoms with E-state index in [9.17, 15) is 4.39 Å². The van der Waals surface area contributed by atoms with E-state index in [1.54, 1.807) is 6.07 Å². The minimum Gasteiger partial charge on any atom is -0.359 e. The van der Waals surface area contributed by atoms with Crippen LogP contribution < -0.4 is 5.32 Å². The molecular formula is C21H27BrFNO4. The van der Waals surface area contributed by atoms with Gasteiger partial charge in [-0.3, -0.25) is 0 Å². The molecule has 0 radical (unpaired) electrons. The summed E-state index contributed by atoms with van der Waals surface area (Å²) < 4.78 is 26.1. The number of hydrogen-bond donors (Lipinski definition) is 1. The van der Waals surface area contributed by atoms with Gasteiger partial charge in [-0.25, -0.2) is 14.2 Å². The van der Waals surface area contributed by atoms with E-state index in [1.165, 1.54) is 12.1 Å². The average Bonchev–Trinajstić information content (AvgIpc) is 2.86. The highest BCUT2D eigenvalue weighted by Crippen LogP contribution is 2.63. The second-order valence-corrected chi connectivity index (χ2v) is 10.9. The summed E-state index contributed by atoms with van der Waals surface area (Å²) in [7, 11) is 0. The van der Waals surface area contributed by atoms with Crippen LogP contribution in [0.2, 0.25) is 0 Å². The zero-order valence-corrected chi connectivity index (χ0v) is 18.0. The Morgan fingerprint density at radius 3 is 2.79 bits per heavy atom. The Morgan fingerprint density at radius 1 is 1.18 bits per heavy atom. The summed E-state index contributed by atoms with van der Waals surface area (Å²) in [5, 5.41) is 3.36. The Hall–Kier alpha value is -0.730. The van der Waals surface area contributed by atoms with Crippen LogP contribution in [0.1, 0.15) is 46.5 Å². The van der Waals surface area contributed by atoms with Gasteiger partial charge in [0.2, 0.25) is 5.79 Å². The summed E-state index contributed by atoms with van der Waals surface area (Å²) in [5.74, 6) is -0.164. The number of anilines is 1. The molecule has 1 spiro atoms. The molecule has 4 aliphatic heterocycles. The second-order valence-electron chi connectivity index (χ2n) is 9.18. The molecule has 2 bridgehead atoms. The molecule has 0 amide bonds. The molecule has 5 nitrogen and oxygen atoms in total. The Balaban J connectivity index is 1.54. The lowest BCUT2D eigenvalue weighted by atomic mass is 9.58. The Kier molecular flexibility index (Phi) is 4.39. The van der Waals surface area contributed by atoms with Crippen molar-refractivity contribution in [2.75, 3.05) is 5.32 Å². The van der Waals surface area contributed by atoms with Gasteiger partial charge in [0.25, 0.3) is 0 Å². The van der Waals surface area contributed by atoms with Crippen LogP contribution in [0, 0.1) is 23.6 Å². The maximum atomic E-state index is 13.7. The molecule has 1 aromatic carbocycles. The predicted molar refractivity (Wildman–Crippen MR) is 105 cm³/mol. The van der Waals surface area contributed by atoms with Crippen molar-refractivity contribution in [2.45, 2.75) is 74.7 Å². The molecule has 8 atom stereocenters. The number of rotatable bonds is 2. The number of fused-ring (bicyclic) bond motifs is 2. The number of halogens is 2. The fourth-order valence-corrected chi connectivity index (χ4v) is 6.60. The highest BCUT2D eigenvalue weighted by molar-refractivity contribution is 9.10. The third kappa shape index (κ3) is 2.70. The highest BCUT2D eigenvalue weighted by Gasteiger charge is 2.72. The van der Waals surface area contributed by atoms with Crippen LogP contribution in [0.15, 0.2) is 24.3 Å². The van der Waals surface area contributed by atoms with Gasteiger partial charge < -0.3 is 14.8 Å². The number of benzene rings is 1. The summed E-state index contributed by atoms with van der Waals surface area (Å²) in [6.45, 7) is 6.32. The topological polar surface area (TPSA) is 49.0 Å². The second kappa shape index (κ2) is 6.38. The molecule has 4 heterocycles. The third-order valence-electron chi connectivity index (χ3n) is 7.29. The molecule has 5 fully saturated rings. The maximum absolute atomic E-state index is 13.7. The quantitative estimate of drug-likeness (QED) is 0.504. The van der Waals surface area contributed by atoms with Crippen LogP contribution in [-0.4, -0.2) is 28.2 Å². The fraction of sp³-hybridized carbons (Fsp3) is 0.714. The Bertz CT molecular complexity index is 779. The van der Waals surface area contributed by atoms with E-state index in [1.807, 2.05) is 13.0 Å². The van der Waals surface area contributed by atoms with E-state index in [0.29, 0.717) is 17.5 Å². The maximum Gasteiger partial charge on any atom is 0.201 e. The van der Waals surface area contributed by atoms with Gasteiger partial charge in [-0.15, -0.1) is 0 Å². The number of hydrogen-bond acceptors (Lipinski definition) is 5. The van der Waals surface area contributed by atoms with Crippen molar-refractivity contribution in [3.63, 3.8) is 0 Å². The molecule has 5 aliphatic rings. The van der Waals surface area contributed by atoms with Crippen molar-refractivity contribution in [1.82, 2.24) is 0 Å². The van der Waals surface area contributed by atoms with Gasteiger partial charge in [-0.2, -0.15) is 0 Å². The number of ether oxygens (including phenoxy) is 2. The average molecular weight is 456 g/mol. The fourth-order valence-electron chi connectivity index (χ4n) is 5.79. The van der Waals surface area contributed by atoms with Crippen LogP contribution in [-0.2, 0) is 19.2 Å². The first-order chi connectivity index (χ1) is 13.2. The van der Waals surface area contributed by atoms with Gasteiger partial charge in [-0.1, -0.05) is 28.9 Å². The molecule has 4 saturated heterocycles. The highest BCUT2D eigenvalue weighted by atomic mass is 79.9. The number of alkyl halides is 1. The first-order valence-corrected chi connectivity index (χ1v) is 10.9. The molecule has 1 aliphatic carbocycles. The smallest absolute Gasteiger partial charge is 0.201 e. The van der Waals surface area contributed by atoms with Gasteiger partial charge in [-0.05, 0) is 63.1 Å². The lowest BCUT2D eigenvalue weighted by molar-refractivity contribution is -0.568. The molecule has 1 N–H and O–H groups in total. The number of nitrogens with one attached hydrogen (secondary N) is 1. The molecule has 7 heteroatoms. The SMILES string of the molecule is C[C@@H]1CC[C@H]2[C@](C)(Br)[C@@H](Nc3cccc(F)c3)O[C@@H]3O[C@]4(C)CC[C@@H]1[C@]32OO4. The molecule has 28 heavy (non-hydrogen) atoms. The van der Waals surface area contributed by atoms with Gasteiger partial charge in [0.05, 0.1) is 4.32 Å². The van der Waals surface area contributed by atoms with E-state index in [-0.39, 0.29) is 11.7 Å².